The number of piperidine rings is 1. The lowest BCUT2D eigenvalue weighted by molar-refractivity contribution is -0.126. The molecule has 2 saturated heterocycles. The van der Waals surface area contributed by atoms with Gasteiger partial charge in [-0.3, -0.25) is 4.79 Å². The maximum atomic E-state index is 12.6. The monoisotopic (exact) mass is 394 g/mol. The van der Waals surface area contributed by atoms with E-state index in [1.165, 1.54) is 0 Å². The summed E-state index contributed by atoms with van der Waals surface area (Å²) in [4.78, 5) is 12.3. The SMILES string of the molecule is O=C(NC[C@H]1CCCO1)C1CCN(S(=O)(=O)CCCc2ccccc2)CC1. The van der Waals surface area contributed by atoms with Crippen LogP contribution in [-0.4, -0.2) is 56.7 Å². The zero-order valence-electron chi connectivity index (χ0n) is 15.8. The second kappa shape index (κ2) is 9.66. The molecular weight excluding hydrogens is 364 g/mol. The summed E-state index contributed by atoms with van der Waals surface area (Å²) in [5.41, 5.74) is 1.16. The van der Waals surface area contributed by atoms with Gasteiger partial charge in [0.1, 0.15) is 0 Å². The van der Waals surface area contributed by atoms with Gasteiger partial charge in [-0.1, -0.05) is 30.3 Å². The average molecular weight is 395 g/mol. The molecular formula is C20H30N2O4S. The first kappa shape index (κ1) is 20.3. The number of carbonyl (C=O) groups is 1. The van der Waals surface area contributed by atoms with E-state index < -0.39 is 10.0 Å². The molecule has 1 atom stereocenters. The first-order chi connectivity index (χ1) is 13.0. The summed E-state index contributed by atoms with van der Waals surface area (Å²) in [6.45, 7) is 2.22. The molecule has 2 aliphatic heterocycles. The van der Waals surface area contributed by atoms with Crippen molar-refractivity contribution in [2.45, 2.75) is 44.6 Å². The highest BCUT2D eigenvalue weighted by Crippen LogP contribution is 2.21. The molecule has 0 aliphatic carbocycles. The van der Waals surface area contributed by atoms with Gasteiger partial charge in [0, 0.05) is 32.2 Å². The number of hydrogen-bond acceptors (Lipinski definition) is 4. The summed E-state index contributed by atoms with van der Waals surface area (Å²) in [7, 11) is -3.25. The van der Waals surface area contributed by atoms with Gasteiger partial charge in [-0.25, -0.2) is 12.7 Å². The number of hydrogen-bond donors (Lipinski definition) is 1. The van der Waals surface area contributed by atoms with Crippen molar-refractivity contribution in [2.24, 2.45) is 5.92 Å². The van der Waals surface area contributed by atoms with Crippen molar-refractivity contribution in [2.75, 3.05) is 32.0 Å². The standard InChI is InChI=1S/C20H30N2O4S/c23-20(21-16-19-9-4-14-26-19)18-10-12-22(13-11-18)27(24,25)15-5-8-17-6-2-1-3-7-17/h1-3,6-7,18-19H,4-5,8-16H2,(H,21,23)/t19-/m1/s1. The molecule has 0 aromatic heterocycles. The number of nitrogens with zero attached hydrogens (tertiary/aromatic N) is 1. The van der Waals surface area contributed by atoms with Crippen molar-refractivity contribution in [3.63, 3.8) is 0 Å². The predicted molar refractivity (Wildman–Crippen MR) is 105 cm³/mol. The summed E-state index contributed by atoms with van der Waals surface area (Å²) in [6, 6.07) is 9.94. The van der Waals surface area contributed by atoms with E-state index in [-0.39, 0.29) is 23.7 Å². The highest BCUT2D eigenvalue weighted by Gasteiger charge is 2.31. The number of sulfonamides is 1. The van der Waals surface area contributed by atoms with Gasteiger partial charge in [-0.2, -0.15) is 0 Å². The largest absolute Gasteiger partial charge is 0.376 e. The molecule has 2 heterocycles. The first-order valence-corrected chi connectivity index (χ1v) is 11.6. The van der Waals surface area contributed by atoms with Gasteiger partial charge in [0.05, 0.1) is 11.9 Å². The molecule has 2 aliphatic rings. The zero-order chi connectivity index (χ0) is 19.1. The van der Waals surface area contributed by atoms with Crippen LogP contribution in [0, 0.1) is 5.92 Å². The van der Waals surface area contributed by atoms with Gasteiger partial charge in [0.15, 0.2) is 0 Å². The third-order valence-electron chi connectivity index (χ3n) is 5.46. The summed E-state index contributed by atoms with van der Waals surface area (Å²) in [5.74, 6) is 0.103. The second-order valence-electron chi connectivity index (χ2n) is 7.46. The third kappa shape index (κ3) is 6.02. The van der Waals surface area contributed by atoms with Crippen molar-refractivity contribution in [1.82, 2.24) is 9.62 Å². The fourth-order valence-electron chi connectivity index (χ4n) is 3.79. The molecule has 0 saturated carbocycles. The second-order valence-corrected chi connectivity index (χ2v) is 9.55. The highest BCUT2D eigenvalue weighted by molar-refractivity contribution is 7.89. The number of aryl methyl sites for hydroxylation is 1. The Morgan fingerprint density at radius 1 is 1.15 bits per heavy atom. The maximum Gasteiger partial charge on any atom is 0.223 e. The molecule has 0 bridgehead atoms. The van der Waals surface area contributed by atoms with Gasteiger partial charge >= 0.3 is 0 Å². The number of ether oxygens (including phenoxy) is 1. The van der Waals surface area contributed by atoms with Crippen LogP contribution >= 0.6 is 0 Å². The van der Waals surface area contributed by atoms with E-state index in [1.54, 1.807) is 4.31 Å². The number of rotatable bonds is 8. The molecule has 1 aromatic carbocycles. The fraction of sp³-hybridized carbons (Fsp3) is 0.650. The Morgan fingerprint density at radius 2 is 1.89 bits per heavy atom. The van der Waals surface area contributed by atoms with Crippen molar-refractivity contribution >= 4 is 15.9 Å². The lowest BCUT2D eigenvalue weighted by Gasteiger charge is -2.30. The number of nitrogens with one attached hydrogen (secondary N) is 1. The first-order valence-electron chi connectivity index (χ1n) is 9.95. The Morgan fingerprint density at radius 3 is 2.56 bits per heavy atom. The fourth-order valence-corrected chi connectivity index (χ4v) is 5.33. The van der Waals surface area contributed by atoms with E-state index in [9.17, 15) is 13.2 Å². The van der Waals surface area contributed by atoms with Crippen LogP contribution in [0.25, 0.3) is 0 Å². The summed E-state index contributed by atoms with van der Waals surface area (Å²) in [5, 5.41) is 2.97. The minimum atomic E-state index is -3.25. The smallest absolute Gasteiger partial charge is 0.223 e. The van der Waals surface area contributed by atoms with Crippen molar-refractivity contribution in [1.29, 1.82) is 0 Å². The Balaban J connectivity index is 1.38. The zero-order valence-corrected chi connectivity index (χ0v) is 16.6. The molecule has 1 amide bonds. The molecule has 1 aromatic rings. The number of carbonyl (C=O) groups excluding carboxylic acids is 1. The minimum absolute atomic E-state index is 0.0339. The van der Waals surface area contributed by atoms with Gasteiger partial charge in [-0.05, 0) is 44.1 Å². The molecule has 7 heteroatoms. The summed E-state index contributed by atoms with van der Waals surface area (Å²) in [6.07, 6.45) is 4.76. The van der Waals surface area contributed by atoms with Crippen LogP contribution in [0.5, 0.6) is 0 Å². The Kier molecular flexibility index (Phi) is 7.26. The van der Waals surface area contributed by atoms with Crippen LogP contribution in [0.2, 0.25) is 0 Å². The quantitative estimate of drug-likeness (QED) is 0.731. The van der Waals surface area contributed by atoms with Crippen LogP contribution in [0.1, 0.15) is 37.7 Å². The van der Waals surface area contributed by atoms with Crippen molar-refractivity contribution in [3.05, 3.63) is 35.9 Å². The molecule has 6 nitrogen and oxygen atoms in total. The summed E-state index contributed by atoms with van der Waals surface area (Å²) >= 11 is 0. The topological polar surface area (TPSA) is 75.7 Å². The molecule has 2 fully saturated rings. The number of amides is 1. The van der Waals surface area contributed by atoms with Crippen LogP contribution in [0.3, 0.4) is 0 Å². The molecule has 0 radical (unpaired) electrons. The normalized spacial score (nSPS) is 22.0. The van der Waals surface area contributed by atoms with Crippen molar-refractivity contribution < 1.29 is 17.9 Å². The Bertz CT molecular complexity index is 694. The maximum absolute atomic E-state index is 12.6. The van der Waals surface area contributed by atoms with Crippen LogP contribution < -0.4 is 5.32 Å². The third-order valence-corrected chi connectivity index (χ3v) is 7.41. The van der Waals surface area contributed by atoms with Gasteiger partial charge in [-0.15, -0.1) is 0 Å². The van der Waals surface area contributed by atoms with Crippen LogP contribution in [0.4, 0.5) is 0 Å². The van der Waals surface area contributed by atoms with E-state index in [1.807, 2.05) is 30.3 Å². The van der Waals surface area contributed by atoms with Crippen LogP contribution in [-0.2, 0) is 26.0 Å². The molecule has 27 heavy (non-hydrogen) atoms. The molecule has 150 valence electrons. The van der Waals surface area contributed by atoms with Gasteiger partial charge in [0.2, 0.25) is 15.9 Å². The Labute approximate surface area is 162 Å². The van der Waals surface area contributed by atoms with E-state index in [2.05, 4.69) is 5.32 Å². The lowest BCUT2D eigenvalue weighted by Crippen LogP contribution is -2.44. The van der Waals surface area contributed by atoms with E-state index in [4.69, 9.17) is 4.74 Å². The van der Waals surface area contributed by atoms with Gasteiger partial charge < -0.3 is 10.1 Å². The van der Waals surface area contributed by atoms with Crippen LogP contribution in [0.15, 0.2) is 30.3 Å². The molecule has 0 unspecified atom stereocenters. The average Bonchev–Trinajstić information content (AvgIpc) is 3.20. The molecule has 0 spiro atoms. The van der Waals surface area contributed by atoms with E-state index in [0.29, 0.717) is 38.9 Å². The Hall–Kier alpha value is -1.44. The summed E-state index contributed by atoms with van der Waals surface area (Å²) < 4.78 is 32.2. The minimum Gasteiger partial charge on any atom is -0.376 e. The molecule has 3 rings (SSSR count). The van der Waals surface area contributed by atoms with E-state index >= 15 is 0 Å². The van der Waals surface area contributed by atoms with E-state index in [0.717, 1.165) is 31.4 Å². The van der Waals surface area contributed by atoms with Gasteiger partial charge in [0.25, 0.3) is 0 Å². The molecule has 1 N–H and O–H groups in total. The number of benzene rings is 1. The predicted octanol–water partition coefficient (Wildman–Crippen LogP) is 1.96. The highest BCUT2D eigenvalue weighted by atomic mass is 32.2. The van der Waals surface area contributed by atoms with Crippen molar-refractivity contribution in [3.8, 4) is 0 Å². The lowest BCUT2D eigenvalue weighted by atomic mass is 9.97.